The highest BCUT2D eigenvalue weighted by Gasteiger charge is 2.67. The second-order valence-electron chi connectivity index (χ2n) is 6.77. The van der Waals surface area contributed by atoms with Crippen molar-refractivity contribution in [3.05, 3.63) is 42.5 Å². The van der Waals surface area contributed by atoms with E-state index in [1.807, 2.05) is 5.32 Å². The van der Waals surface area contributed by atoms with Crippen molar-refractivity contribution in [1.82, 2.24) is 14.9 Å². The van der Waals surface area contributed by atoms with Gasteiger partial charge in [-0.05, 0) is 35.4 Å². The van der Waals surface area contributed by atoms with E-state index in [0.717, 1.165) is 5.56 Å². The molecule has 0 saturated heterocycles. The van der Waals surface area contributed by atoms with Crippen molar-refractivity contribution in [2.24, 2.45) is 0 Å². The van der Waals surface area contributed by atoms with Crippen LogP contribution in [-0.4, -0.2) is 34.7 Å². The predicted octanol–water partition coefficient (Wildman–Crippen LogP) is 3.41. The number of carbonyl (C=O) groups excluding carboxylic acids is 2. The Bertz CT molecular complexity index is 1150. The van der Waals surface area contributed by atoms with E-state index in [4.69, 9.17) is 4.74 Å². The van der Waals surface area contributed by atoms with Gasteiger partial charge in [-0.25, -0.2) is 4.98 Å². The number of carbonyl (C=O) groups is 2. The number of aromatic nitrogens is 2. The van der Waals surface area contributed by atoms with Crippen LogP contribution in [0.5, 0.6) is 5.75 Å². The third-order valence-corrected chi connectivity index (χ3v) is 5.02. The van der Waals surface area contributed by atoms with E-state index in [0.29, 0.717) is 15.9 Å². The Labute approximate surface area is 168 Å². The first-order chi connectivity index (χ1) is 14.2. The van der Waals surface area contributed by atoms with E-state index in [2.05, 4.69) is 10.3 Å². The van der Waals surface area contributed by atoms with Crippen LogP contribution in [0.2, 0.25) is 0 Å². The van der Waals surface area contributed by atoms with Crippen LogP contribution >= 0.6 is 0 Å². The zero-order chi connectivity index (χ0) is 21.7. The molecule has 2 N–H and O–H groups in total. The molecule has 7 nitrogen and oxygen atoms in total. The van der Waals surface area contributed by atoms with Crippen LogP contribution in [0, 0.1) is 0 Å². The van der Waals surface area contributed by atoms with Gasteiger partial charge in [0.2, 0.25) is 11.9 Å². The SMILES string of the molecule is CCC(=O)NC1(C(F)(F)F)C(=O)Nc2nc3ccc(-c4ccc(OC)cc4)cc3n21. The molecule has 2 amide bonds. The summed E-state index contributed by atoms with van der Waals surface area (Å²) in [6.45, 7) is 1.40. The van der Waals surface area contributed by atoms with Gasteiger partial charge in [-0.1, -0.05) is 25.1 Å². The maximum atomic E-state index is 14.2. The minimum atomic E-state index is -5.10. The number of anilines is 1. The normalized spacial score (nSPS) is 18.2. The van der Waals surface area contributed by atoms with Crippen molar-refractivity contribution >= 4 is 28.8 Å². The van der Waals surface area contributed by atoms with Gasteiger partial charge in [-0.2, -0.15) is 13.2 Å². The van der Waals surface area contributed by atoms with Gasteiger partial charge in [0.15, 0.2) is 0 Å². The van der Waals surface area contributed by atoms with Crippen LogP contribution in [0.1, 0.15) is 13.3 Å². The number of fused-ring (bicyclic) bond motifs is 3. The minimum Gasteiger partial charge on any atom is -0.497 e. The summed E-state index contributed by atoms with van der Waals surface area (Å²) in [7, 11) is 1.53. The number of nitrogens with one attached hydrogen (secondary N) is 2. The van der Waals surface area contributed by atoms with Crippen molar-refractivity contribution in [2.45, 2.75) is 25.2 Å². The molecule has 3 aromatic rings. The van der Waals surface area contributed by atoms with Gasteiger partial charge in [-0.3, -0.25) is 19.5 Å². The van der Waals surface area contributed by atoms with Crippen LogP contribution in [0.3, 0.4) is 0 Å². The highest BCUT2D eigenvalue weighted by atomic mass is 19.4. The van der Waals surface area contributed by atoms with Gasteiger partial charge in [0.05, 0.1) is 18.1 Å². The molecule has 10 heteroatoms. The van der Waals surface area contributed by atoms with E-state index in [-0.39, 0.29) is 23.4 Å². The molecule has 2 aromatic carbocycles. The topological polar surface area (TPSA) is 85.2 Å². The number of rotatable bonds is 4. The van der Waals surface area contributed by atoms with Gasteiger partial charge < -0.3 is 10.1 Å². The zero-order valence-corrected chi connectivity index (χ0v) is 16.0. The number of benzene rings is 2. The number of ether oxygens (including phenoxy) is 1. The zero-order valence-electron chi connectivity index (χ0n) is 16.0. The van der Waals surface area contributed by atoms with Crippen LogP contribution in [-0.2, 0) is 15.3 Å². The van der Waals surface area contributed by atoms with E-state index in [9.17, 15) is 22.8 Å². The molecule has 1 aliphatic rings. The third-order valence-electron chi connectivity index (χ3n) is 5.02. The molecule has 0 fully saturated rings. The van der Waals surface area contributed by atoms with Crippen molar-refractivity contribution in [2.75, 3.05) is 12.4 Å². The van der Waals surface area contributed by atoms with Crippen molar-refractivity contribution in [3.8, 4) is 16.9 Å². The van der Waals surface area contributed by atoms with Crippen LogP contribution < -0.4 is 15.4 Å². The Morgan fingerprint density at radius 3 is 2.47 bits per heavy atom. The molecule has 1 atom stereocenters. The number of alkyl halides is 3. The first-order valence-corrected chi connectivity index (χ1v) is 9.08. The fraction of sp³-hybridized carbons (Fsp3) is 0.250. The fourth-order valence-corrected chi connectivity index (χ4v) is 3.48. The fourth-order valence-electron chi connectivity index (χ4n) is 3.48. The Hall–Kier alpha value is -3.56. The van der Waals surface area contributed by atoms with Crippen molar-refractivity contribution in [1.29, 1.82) is 0 Å². The van der Waals surface area contributed by atoms with E-state index >= 15 is 0 Å². The lowest BCUT2D eigenvalue weighted by Gasteiger charge is -2.31. The number of amides is 2. The standard InChI is InChI=1S/C20H17F3N4O3/c1-3-16(28)26-19(20(21,22)23)17(29)25-18-24-14-9-6-12(10-15(14)27(18)19)11-4-7-13(30-2)8-5-11/h4-10H,3H2,1-2H3,(H,26,28)(H,24,25,29). The number of imidazole rings is 1. The molecule has 0 spiro atoms. The average Bonchev–Trinajstić information content (AvgIpc) is 3.21. The second-order valence-corrected chi connectivity index (χ2v) is 6.77. The minimum absolute atomic E-state index is 0.0606. The Morgan fingerprint density at radius 1 is 1.20 bits per heavy atom. The molecule has 0 saturated carbocycles. The maximum Gasteiger partial charge on any atom is 0.440 e. The summed E-state index contributed by atoms with van der Waals surface area (Å²) in [5.74, 6) is -1.96. The molecule has 0 aliphatic carbocycles. The Kier molecular flexibility index (Phi) is 4.44. The third kappa shape index (κ3) is 2.78. The second kappa shape index (κ2) is 6.75. The van der Waals surface area contributed by atoms with Crippen LogP contribution in [0.4, 0.5) is 19.1 Å². The molecule has 4 rings (SSSR count). The smallest absolute Gasteiger partial charge is 0.440 e. The number of nitrogens with zero attached hydrogens (tertiary/aromatic N) is 2. The van der Waals surface area contributed by atoms with Gasteiger partial charge in [0.1, 0.15) is 5.75 Å². The van der Waals surface area contributed by atoms with E-state index in [1.165, 1.54) is 20.1 Å². The first kappa shape index (κ1) is 19.7. The molecule has 2 heterocycles. The molecular formula is C20H17F3N4O3. The van der Waals surface area contributed by atoms with E-state index < -0.39 is 23.7 Å². The van der Waals surface area contributed by atoms with Gasteiger partial charge in [-0.15, -0.1) is 0 Å². The lowest BCUT2D eigenvalue weighted by Crippen LogP contribution is -2.63. The summed E-state index contributed by atoms with van der Waals surface area (Å²) in [5, 5.41) is 4.02. The molecule has 1 aromatic heterocycles. The largest absolute Gasteiger partial charge is 0.497 e. The first-order valence-electron chi connectivity index (χ1n) is 9.08. The summed E-state index contributed by atoms with van der Waals surface area (Å²) in [6, 6.07) is 11.8. The molecule has 156 valence electrons. The van der Waals surface area contributed by atoms with E-state index in [1.54, 1.807) is 36.4 Å². The quantitative estimate of drug-likeness (QED) is 0.680. The highest BCUT2D eigenvalue weighted by molar-refractivity contribution is 6.05. The summed E-state index contributed by atoms with van der Waals surface area (Å²) in [5.41, 5.74) is -1.61. The molecule has 30 heavy (non-hydrogen) atoms. The lowest BCUT2D eigenvalue weighted by atomic mass is 10.0. The number of hydrogen-bond acceptors (Lipinski definition) is 4. The van der Waals surface area contributed by atoms with Crippen LogP contribution in [0.25, 0.3) is 22.2 Å². The Morgan fingerprint density at radius 2 is 1.87 bits per heavy atom. The lowest BCUT2D eigenvalue weighted by molar-refractivity contribution is -0.217. The predicted molar refractivity (Wildman–Crippen MR) is 103 cm³/mol. The summed E-state index contributed by atoms with van der Waals surface area (Å²) in [4.78, 5) is 28.5. The summed E-state index contributed by atoms with van der Waals surface area (Å²) < 4.78 is 48.5. The van der Waals surface area contributed by atoms with Crippen molar-refractivity contribution < 1.29 is 27.5 Å². The monoisotopic (exact) mass is 418 g/mol. The molecular weight excluding hydrogens is 401 g/mol. The van der Waals surface area contributed by atoms with Crippen molar-refractivity contribution in [3.63, 3.8) is 0 Å². The van der Waals surface area contributed by atoms with Crippen LogP contribution in [0.15, 0.2) is 42.5 Å². The maximum absolute atomic E-state index is 14.2. The molecule has 1 aliphatic heterocycles. The molecule has 0 bridgehead atoms. The van der Waals surface area contributed by atoms with Gasteiger partial charge in [0, 0.05) is 6.42 Å². The summed E-state index contributed by atoms with van der Waals surface area (Å²) in [6.07, 6.45) is -5.32. The number of halogens is 3. The van der Waals surface area contributed by atoms with Gasteiger partial charge >= 0.3 is 6.18 Å². The molecule has 0 radical (unpaired) electrons. The van der Waals surface area contributed by atoms with Gasteiger partial charge in [0.25, 0.3) is 11.6 Å². The number of methoxy groups -OCH3 is 1. The number of hydrogen-bond donors (Lipinski definition) is 2. The molecule has 1 unspecified atom stereocenters. The average molecular weight is 418 g/mol. The highest BCUT2D eigenvalue weighted by Crippen LogP contribution is 2.44. The summed E-state index contributed by atoms with van der Waals surface area (Å²) >= 11 is 0. The Balaban J connectivity index is 1.93.